The summed E-state index contributed by atoms with van der Waals surface area (Å²) in [4.78, 5) is 24.1. The summed E-state index contributed by atoms with van der Waals surface area (Å²) in [6.45, 7) is 1.49. The molecule has 0 heterocycles. The van der Waals surface area contributed by atoms with Gasteiger partial charge in [-0.2, -0.15) is 0 Å². The van der Waals surface area contributed by atoms with Crippen LogP contribution in [-0.2, 0) is 14.3 Å². The third-order valence-corrected chi connectivity index (χ3v) is 3.90. The highest BCUT2D eigenvalue weighted by Crippen LogP contribution is 2.27. The molecule has 2 aromatic carbocycles. The summed E-state index contributed by atoms with van der Waals surface area (Å²) in [5.41, 5.74) is 1.28. The van der Waals surface area contributed by atoms with Gasteiger partial charge in [-0.25, -0.2) is 4.79 Å². The van der Waals surface area contributed by atoms with Gasteiger partial charge in [-0.05, 0) is 48.9 Å². The van der Waals surface area contributed by atoms with Crippen molar-refractivity contribution >= 4 is 35.2 Å². The lowest BCUT2D eigenvalue weighted by Crippen LogP contribution is -2.29. The number of anilines is 1. The van der Waals surface area contributed by atoms with Crippen LogP contribution in [-0.4, -0.2) is 32.2 Å². The number of hydrogen-bond donors (Lipinski definition) is 1. The number of hydrogen-bond acceptors (Lipinski definition) is 5. The van der Waals surface area contributed by atoms with Crippen molar-refractivity contribution < 1.29 is 23.8 Å². The van der Waals surface area contributed by atoms with Gasteiger partial charge in [0.1, 0.15) is 11.5 Å². The molecule has 0 bridgehead atoms. The first kappa shape index (κ1) is 20.3. The summed E-state index contributed by atoms with van der Waals surface area (Å²) in [6.07, 6.45) is 1.88. The molecule has 142 valence electrons. The van der Waals surface area contributed by atoms with E-state index >= 15 is 0 Å². The van der Waals surface area contributed by atoms with E-state index in [0.717, 1.165) is 11.3 Å². The summed E-state index contributed by atoms with van der Waals surface area (Å²) < 4.78 is 15.2. The Balaban J connectivity index is 1.89. The predicted molar refractivity (Wildman–Crippen MR) is 104 cm³/mol. The van der Waals surface area contributed by atoms with Gasteiger partial charge < -0.3 is 19.5 Å². The van der Waals surface area contributed by atoms with Crippen LogP contribution in [0.4, 0.5) is 5.69 Å². The molecule has 0 aliphatic heterocycles. The maximum atomic E-state index is 12.2. The second kappa shape index (κ2) is 9.64. The van der Waals surface area contributed by atoms with Gasteiger partial charge in [0.15, 0.2) is 6.10 Å². The Labute approximate surface area is 162 Å². The molecule has 0 saturated heterocycles. The summed E-state index contributed by atoms with van der Waals surface area (Å²) in [5.74, 6) is 0.125. The van der Waals surface area contributed by atoms with Gasteiger partial charge in [-0.15, -0.1) is 0 Å². The molecule has 2 rings (SSSR count). The number of carbonyl (C=O) groups excluding carboxylic acids is 2. The van der Waals surface area contributed by atoms with Crippen molar-refractivity contribution in [1.82, 2.24) is 0 Å². The van der Waals surface area contributed by atoms with E-state index in [1.165, 1.54) is 20.1 Å². The van der Waals surface area contributed by atoms with Gasteiger partial charge in [-0.3, -0.25) is 4.79 Å². The van der Waals surface area contributed by atoms with Crippen molar-refractivity contribution in [3.05, 3.63) is 59.1 Å². The minimum atomic E-state index is -0.973. The summed E-state index contributed by atoms with van der Waals surface area (Å²) in [5, 5.41) is 2.99. The maximum Gasteiger partial charge on any atom is 0.331 e. The normalized spacial score (nSPS) is 11.7. The number of carbonyl (C=O) groups is 2. The highest BCUT2D eigenvalue weighted by atomic mass is 35.5. The van der Waals surface area contributed by atoms with E-state index < -0.39 is 18.0 Å². The maximum absolute atomic E-state index is 12.2. The SMILES string of the molecule is COc1ccc(/C=C/C(=O)O[C@@H](C)C(=O)Nc2ccc(OC)c(Cl)c2)cc1. The van der Waals surface area contributed by atoms with Crippen molar-refractivity contribution in [2.45, 2.75) is 13.0 Å². The van der Waals surface area contributed by atoms with E-state index in [-0.39, 0.29) is 0 Å². The molecule has 6 nitrogen and oxygen atoms in total. The topological polar surface area (TPSA) is 73.9 Å². The Hall–Kier alpha value is -2.99. The Morgan fingerprint density at radius 1 is 1.07 bits per heavy atom. The van der Waals surface area contributed by atoms with E-state index in [4.69, 9.17) is 25.8 Å². The van der Waals surface area contributed by atoms with Crippen LogP contribution in [0.2, 0.25) is 5.02 Å². The van der Waals surface area contributed by atoms with Gasteiger partial charge in [0.25, 0.3) is 5.91 Å². The van der Waals surface area contributed by atoms with Gasteiger partial charge >= 0.3 is 5.97 Å². The lowest BCUT2D eigenvalue weighted by molar-refractivity contribution is -0.148. The third-order valence-electron chi connectivity index (χ3n) is 3.61. The van der Waals surface area contributed by atoms with Crippen LogP contribution in [0.5, 0.6) is 11.5 Å². The Bertz CT molecular complexity index is 833. The molecule has 0 saturated carbocycles. The fourth-order valence-electron chi connectivity index (χ4n) is 2.13. The molecule has 1 atom stereocenters. The molecule has 0 aliphatic carbocycles. The lowest BCUT2D eigenvalue weighted by Gasteiger charge is -2.13. The van der Waals surface area contributed by atoms with Crippen LogP contribution in [0.1, 0.15) is 12.5 Å². The number of nitrogens with one attached hydrogen (secondary N) is 1. The Morgan fingerprint density at radius 3 is 2.37 bits per heavy atom. The smallest absolute Gasteiger partial charge is 0.331 e. The number of rotatable bonds is 7. The molecule has 1 amide bonds. The zero-order valence-electron chi connectivity index (χ0n) is 15.2. The number of halogens is 1. The van der Waals surface area contributed by atoms with Crippen LogP contribution in [0.15, 0.2) is 48.5 Å². The number of esters is 1. The second-order valence-corrected chi connectivity index (χ2v) is 5.93. The largest absolute Gasteiger partial charge is 0.497 e. The fraction of sp³-hybridized carbons (Fsp3) is 0.200. The molecule has 0 aliphatic rings. The van der Waals surface area contributed by atoms with Crippen LogP contribution in [0.3, 0.4) is 0 Å². The molecule has 0 spiro atoms. The quantitative estimate of drug-likeness (QED) is 0.573. The molecule has 2 aromatic rings. The molecule has 0 radical (unpaired) electrons. The van der Waals surface area contributed by atoms with Crippen LogP contribution in [0, 0.1) is 0 Å². The molecule has 7 heteroatoms. The van der Waals surface area contributed by atoms with Crippen molar-refractivity contribution in [2.24, 2.45) is 0 Å². The van der Waals surface area contributed by atoms with E-state index in [0.29, 0.717) is 16.5 Å². The predicted octanol–water partition coefficient (Wildman–Crippen LogP) is 3.94. The van der Waals surface area contributed by atoms with Crippen LogP contribution >= 0.6 is 11.6 Å². The van der Waals surface area contributed by atoms with E-state index in [2.05, 4.69) is 5.32 Å². The monoisotopic (exact) mass is 389 g/mol. The van der Waals surface area contributed by atoms with E-state index in [1.807, 2.05) is 0 Å². The average molecular weight is 390 g/mol. The highest BCUT2D eigenvalue weighted by Gasteiger charge is 2.17. The molecule has 0 fully saturated rings. The summed E-state index contributed by atoms with van der Waals surface area (Å²) in [7, 11) is 3.08. The number of benzene rings is 2. The highest BCUT2D eigenvalue weighted by molar-refractivity contribution is 6.32. The second-order valence-electron chi connectivity index (χ2n) is 5.52. The zero-order chi connectivity index (χ0) is 19.8. The summed E-state index contributed by atoms with van der Waals surface area (Å²) in [6, 6.07) is 12.0. The van der Waals surface area contributed by atoms with Crippen molar-refractivity contribution in [1.29, 1.82) is 0 Å². The number of amides is 1. The minimum Gasteiger partial charge on any atom is -0.497 e. The molecular weight excluding hydrogens is 370 g/mol. The van der Waals surface area contributed by atoms with Gasteiger partial charge in [0, 0.05) is 11.8 Å². The van der Waals surface area contributed by atoms with Gasteiger partial charge in [0.2, 0.25) is 0 Å². The molecule has 27 heavy (non-hydrogen) atoms. The molecule has 1 N–H and O–H groups in total. The van der Waals surface area contributed by atoms with Crippen molar-refractivity contribution in [3.8, 4) is 11.5 Å². The standard InChI is InChI=1S/C20H20ClNO5/c1-13(20(24)22-15-7-10-18(26-3)17(21)12-15)27-19(23)11-6-14-4-8-16(25-2)9-5-14/h4-13H,1-3H3,(H,22,24)/b11-6+/t13-/m0/s1. The minimum absolute atomic E-state index is 0.363. The van der Waals surface area contributed by atoms with E-state index in [1.54, 1.807) is 55.7 Å². The van der Waals surface area contributed by atoms with Gasteiger partial charge in [-0.1, -0.05) is 23.7 Å². The van der Waals surface area contributed by atoms with Gasteiger partial charge in [0.05, 0.1) is 19.2 Å². The number of methoxy groups -OCH3 is 2. The zero-order valence-corrected chi connectivity index (χ0v) is 15.9. The third kappa shape index (κ3) is 6.04. The Kier molecular flexibility index (Phi) is 7.25. The van der Waals surface area contributed by atoms with Crippen molar-refractivity contribution in [2.75, 3.05) is 19.5 Å². The molecule has 0 unspecified atom stereocenters. The van der Waals surface area contributed by atoms with Crippen molar-refractivity contribution in [3.63, 3.8) is 0 Å². The lowest BCUT2D eigenvalue weighted by atomic mass is 10.2. The van der Waals surface area contributed by atoms with Crippen LogP contribution in [0.25, 0.3) is 6.08 Å². The molecule has 0 aromatic heterocycles. The first-order valence-electron chi connectivity index (χ1n) is 8.10. The fourth-order valence-corrected chi connectivity index (χ4v) is 2.39. The molecular formula is C20H20ClNO5. The first-order valence-corrected chi connectivity index (χ1v) is 8.48. The average Bonchev–Trinajstić information content (AvgIpc) is 2.66. The number of ether oxygens (including phenoxy) is 3. The van der Waals surface area contributed by atoms with E-state index in [9.17, 15) is 9.59 Å². The first-order chi connectivity index (χ1) is 12.9. The van der Waals surface area contributed by atoms with Crippen LogP contribution < -0.4 is 14.8 Å². The summed E-state index contributed by atoms with van der Waals surface area (Å²) >= 11 is 6.02. The Morgan fingerprint density at radius 2 is 1.78 bits per heavy atom.